The van der Waals surface area contributed by atoms with Gasteiger partial charge in [-0.3, -0.25) is 0 Å². The second-order valence-electron chi connectivity index (χ2n) is 4.00. The van der Waals surface area contributed by atoms with Gasteiger partial charge in [-0.25, -0.2) is 4.79 Å². The Morgan fingerprint density at radius 2 is 2.06 bits per heavy atom. The van der Waals surface area contributed by atoms with E-state index in [-0.39, 0.29) is 6.03 Å². The van der Waals surface area contributed by atoms with E-state index in [0.29, 0.717) is 0 Å². The molecule has 1 fully saturated rings. The van der Waals surface area contributed by atoms with Crippen LogP contribution in [0.3, 0.4) is 0 Å². The predicted molar refractivity (Wildman–Crippen MR) is 70.5 cm³/mol. The fourth-order valence-corrected chi connectivity index (χ4v) is 2.35. The number of ether oxygens (including phenoxy) is 1. The highest BCUT2D eigenvalue weighted by Gasteiger charge is 2.17. The molecule has 1 heterocycles. The molecule has 0 saturated carbocycles. The Balaban J connectivity index is 2.06. The van der Waals surface area contributed by atoms with Gasteiger partial charge in [-0.2, -0.15) is 0 Å². The average Bonchev–Trinajstić information content (AvgIpc) is 2.81. The van der Waals surface area contributed by atoms with Crippen molar-refractivity contribution in [3.63, 3.8) is 0 Å². The van der Waals surface area contributed by atoms with E-state index in [1.807, 2.05) is 17.0 Å². The number of benzene rings is 1. The van der Waals surface area contributed by atoms with Crippen molar-refractivity contribution >= 4 is 27.6 Å². The van der Waals surface area contributed by atoms with Crippen molar-refractivity contribution < 1.29 is 9.53 Å². The summed E-state index contributed by atoms with van der Waals surface area (Å²) in [5.41, 5.74) is 0.744. The number of likely N-dealkylation sites (tertiary alicyclic amines) is 1. The summed E-state index contributed by atoms with van der Waals surface area (Å²) in [5, 5.41) is 2.88. The maximum atomic E-state index is 11.9. The first-order chi connectivity index (χ1) is 8.19. The Bertz CT molecular complexity index is 417. The molecule has 0 radical (unpaired) electrons. The molecular weight excluding hydrogens is 284 g/mol. The minimum atomic E-state index is -0.0392. The van der Waals surface area contributed by atoms with E-state index in [1.54, 1.807) is 13.2 Å². The van der Waals surface area contributed by atoms with Crippen molar-refractivity contribution in [2.45, 2.75) is 12.8 Å². The number of urea groups is 1. The van der Waals surface area contributed by atoms with Gasteiger partial charge in [0.05, 0.1) is 7.11 Å². The lowest BCUT2D eigenvalue weighted by molar-refractivity contribution is 0.222. The Labute approximate surface area is 109 Å². The van der Waals surface area contributed by atoms with Gasteiger partial charge in [0.2, 0.25) is 0 Å². The molecule has 0 spiro atoms. The highest BCUT2D eigenvalue weighted by molar-refractivity contribution is 9.10. The third kappa shape index (κ3) is 3.12. The number of anilines is 1. The molecule has 1 aromatic rings. The number of halogens is 1. The minimum absolute atomic E-state index is 0.0392. The summed E-state index contributed by atoms with van der Waals surface area (Å²) in [6.45, 7) is 1.69. The number of hydrogen-bond acceptors (Lipinski definition) is 2. The van der Waals surface area contributed by atoms with Gasteiger partial charge >= 0.3 is 6.03 Å². The molecule has 0 unspecified atom stereocenters. The van der Waals surface area contributed by atoms with Crippen molar-refractivity contribution in [1.29, 1.82) is 0 Å². The lowest BCUT2D eigenvalue weighted by atomic mass is 10.3. The molecule has 17 heavy (non-hydrogen) atoms. The molecule has 1 aliphatic heterocycles. The Hall–Kier alpha value is -1.23. The number of nitrogens with zero attached hydrogens (tertiary/aromatic N) is 1. The van der Waals surface area contributed by atoms with Gasteiger partial charge in [-0.05, 0) is 25.0 Å². The fourth-order valence-electron chi connectivity index (χ4n) is 1.88. The van der Waals surface area contributed by atoms with Crippen molar-refractivity contribution in [2.24, 2.45) is 0 Å². The summed E-state index contributed by atoms with van der Waals surface area (Å²) in [6.07, 6.45) is 2.18. The van der Waals surface area contributed by atoms with E-state index >= 15 is 0 Å². The van der Waals surface area contributed by atoms with Crippen LogP contribution in [0.5, 0.6) is 5.75 Å². The van der Waals surface area contributed by atoms with E-state index in [0.717, 1.165) is 41.8 Å². The highest BCUT2D eigenvalue weighted by Crippen LogP contribution is 2.25. The number of carbonyl (C=O) groups is 1. The average molecular weight is 299 g/mol. The van der Waals surface area contributed by atoms with Crippen LogP contribution >= 0.6 is 15.9 Å². The summed E-state index contributed by atoms with van der Waals surface area (Å²) >= 11 is 3.38. The molecule has 1 saturated heterocycles. The summed E-state index contributed by atoms with van der Waals surface area (Å²) in [5.74, 6) is 0.719. The number of nitrogens with one attached hydrogen (secondary N) is 1. The minimum Gasteiger partial charge on any atom is -0.497 e. The van der Waals surface area contributed by atoms with Gasteiger partial charge < -0.3 is 15.0 Å². The second-order valence-corrected chi connectivity index (χ2v) is 4.92. The number of hydrogen-bond donors (Lipinski definition) is 1. The van der Waals surface area contributed by atoms with Crippen molar-refractivity contribution in [1.82, 2.24) is 4.90 Å². The topological polar surface area (TPSA) is 41.6 Å². The maximum absolute atomic E-state index is 11.9. The third-order valence-electron chi connectivity index (χ3n) is 2.75. The largest absolute Gasteiger partial charge is 0.497 e. The van der Waals surface area contributed by atoms with Crippen LogP contribution in [0.4, 0.5) is 10.5 Å². The zero-order chi connectivity index (χ0) is 12.3. The van der Waals surface area contributed by atoms with E-state index in [2.05, 4.69) is 21.2 Å². The number of rotatable bonds is 2. The lowest BCUT2D eigenvalue weighted by Crippen LogP contribution is -2.32. The van der Waals surface area contributed by atoms with E-state index in [4.69, 9.17) is 4.74 Å². The molecule has 0 atom stereocenters. The number of carbonyl (C=O) groups excluding carboxylic acids is 1. The van der Waals surface area contributed by atoms with Gasteiger partial charge in [-0.1, -0.05) is 15.9 Å². The van der Waals surface area contributed by atoms with Crippen LogP contribution in [0.15, 0.2) is 22.7 Å². The third-order valence-corrected chi connectivity index (χ3v) is 3.21. The summed E-state index contributed by atoms with van der Waals surface area (Å²) in [4.78, 5) is 13.7. The van der Waals surface area contributed by atoms with Crippen LogP contribution in [0.25, 0.3) is 0 Å². The molecule has 2 rings (SSSR count). The normalized spacial score (nSPS) is 14.8. The smallest absolute Gasteiger partial charge is 0.321 e. The quantitative estimate of drug-likeness (QED) is 0.911. The summed E-state index contributed by atoms with van der Waals surface area (Å²) in [6, 6.07) is 5.48. The molecule has 0 aliphatic carbocycles. The van der Waals surface area contributed by atoms with Crippen molar-refractivity contribution in [3.8, 4) is 5.75 Å². The second kappa shape index (κ2) is 5.40. The maximum Gasteiger partial charge on any atom is 0.321 e. The van der Waals surface area contributed by atoms with Gasteiger partial charge in [0.25, 0.3) is 0 Å². The molecule has 0 bridgehead atoms. The monoisotopic (exact) mass is 298 g/mol. The molecule has 0 aromatic heterocycles. The Morgan fingerprint density at radius 1 is 1.35 bits per heavy atom. The van der Waals surface area contributed by atoms with Gasteiger partial charge in [0.1, 0.15) is 5.75 Å². The van der Waals surface area contributed by atoms with Crippen LogP contribution in [-0.2, 0) is 0 Å². The fraction of sp³-hybridized carbons (Fsp3) is 0.417. The SMILES string of the molecule is COc1cc(Br)cc(NC(=O)N2CCCC2)c1. The Kier molecular flexibility index (Phi) is 3.89. The first-order valence-electron chi connectivity index (χ1n) is 5.59. The van der Waals surface area contributed by atoms with E-state index in [1.165, 1.54) is 0 Å². The van der Waals surface area contributed by atoms with Crippen molar-refractivity contribution in [2.75, 3.05) is 25.5 Å². The highest BCUT2D eigenvalue weighted by atomic mass is 79.9. The van der Waals surface area contributed by atoms with Crippen LogP contribution in [0, 0.1) is 0 Å². The van der Waals surface area contributed by atoms with Crippen LogP contribution in [-0.4, -0.2) is 31.1 Å². The lowest BCUT2D eigenvalue weighted by Gasteiger charge is -2.16. The molecule has 1 N–H and O–H groups in total. The van der Waals surface area contributed by atoms with E-state index in [9.17, 15) is 4.79 Å². The number of methoxy groups -OCH3 is 1. The van der Waals surface area contributed by atoms with Crippen LogP contribution < -0.4 is 10.1 Å². The number of amides is 2. The van der Waals surface area contributed by atoms with Gasteiger partial charge in [0.15, 0.2) is 0 Å². The Morgan fingerprint density at radius 3 is 2.71 bits per heavy atom. The molecule has 1 aromatic carbocycles. The van der Waals surface area contributed by atoms with Crippen LogP contribution in [0.2, 0.25) is 0 Å². The van der Waals surface area contributed by atoms with Crippen molar-refractivity contribution in [3.05, 3.63) is 22.7 Å². The zero-order valence-corrected chi connectivity index (χ0v) is 11.3. The molecule has 4 nitrogen and oxygen atoms in total. The van der Waals surface area contributed by atoms with Gasteiger partial charge in [0, 0.05) is 29.3 Å². The van der Waals surface area contributed by atoms with Crippen LogP contribution in [0.1, 0.15) is 12.8 Å². The van der Waals surface area contributed by atoms with Gasteiger partial charge in [-0.15, -0.1) is 0 Å². The first-order valence-corrected chi connectivity index (χ1v) is 6.39. The molecule has 92 valence electrons. The molecule has 1 aliphatic rings. The molecule has 2 amide bonds. The standard InChI is InChI=1S/C12H15BrN2O2/c1-17-11-7-9(13)6-10(8-11)14-12(16)15-4-2-3-5-15/h6-8H,2-5H2,1H3,(H,14,16). The molecule has 5 heteroatoms. The summed E-state index contributed by atoms with van der Waals surface area (Å²) in [7, 11) is 1.61. The van der Waals surface area contributed by atoms with E-state index < -0.39 is 0 Å². The molecular formula is C12H15BrN2O2. The zero-order valence-electron chi connectivity index (χ0n) is 9.70. The summed E-state index contributed by atoms with van der Waals surface area (Å²) < 4.78 is 6.03. The first kappa shape index (κ1) is 12.2. The predicted octanol–water partition coefficient (Wildman–Crippen LogP) is 3.09.